The van der Waals surface area contributed by atoms with Gasteiger partial charge in [0.15, 0.2) is 0 Å². The van der Waals surface area contributed by atoms with E-state index in [1.54, 1.807) is 0 Å². The van der Waals surface area contributed by atoms with Crippen molar-refractivity contribution >= 4 is 16.0 Å². The number of pyridine rings is 1. The molecule has 7 nitrogen and oxygen atoms in total. The zero-order chi connectivity index (χ0) is 22.0. The van der Waals surface area contributed by atoms with Gasteiger partial charge in [-0.25, -0.2) is 18.2 Å². The van der Waals surface area contributed by atoms with Crippen molar-refractivity contribution in [3.63, 3.8) is 0 Å². The van der Waals surface area contributed by atoms with Crippen LogP contribution < -0.4 is 0 Å². The molecule has 0 unspecified atom stereocenters. The lowest BCUT2D eigenvalue weighted by molar-refractivity contribution is -0.137. The molecule has 0 aliphatic heterocycles. The normalized spacial score (nSPS) is 13.4. The van der Waals surface area contributed by atoms with E-state index in [-0.39, 0.29) is 23.5 Å². The molecule has 29 heavy (non-hydrogen) atoms. The summed E-state index contributed by atoms with van der Waals surface area (Å²) < 4.78 is 70.9. The second kappa shape index (κ2) is 8.47. The summed E-state index contributed by atoms with van der Waals surface area (Å²) in [5.74, 6) is -0.789. The number of ether oxygens (including phenoxy) is 1. The zero-order valence-corrected chi connectivity index (χ0v) is 16.6. The van der Waals surface area contributed by atoms with Crippen LogP contribution in [0.15, 0.2) is 41.3 Å². The summed E-state index contributed by atoms with van der Waals surface area (Å²) in [6, 6.07) is 6.35. The molecule has 0 amide bonds. The summed E-state index contributed by atoms with van der Waals surface area (Å²) in [6.45, 7) is 1.05. The summed E-state index contributed by atoms with van der Waals surface area (Å²) in [4.78, 5) is 15.0. The maximum Gasteiger partial charge on any atom is 0.416 e. The first-order valence-electron chi connectivity index (χ1n) is 8.28. The van der Waals surface area contributed by atoms with E-state index in [9.17, 15) is 31.5 Å². The molecule has 2 rings (SSSR count). The van der Waals surface area contributed by atoms with Gasteiger partial charge in [-0.3, -0.25) is 0 Å². The van der Waals surface area contributed by atoms with E-state index in [0.29, 0.717) is 6.07 Å². The summed E-state index contributed by atoms with van der Waals surface area (Å²) in [5.41, 5.74) is -1.51. The Labute approximate surface area is 165 Å². The molecule has 0 aliphatic rings. The van der Waals surface area contributed by atoms with Gasteiger partial charge in [0.25, 0.3) is 0 Å². The number of nitrogens with zero attached hydrogens (tertiary/aromatic N) is 2. The SMILES string of the molecule is COC(=O)c1cccc(-c2cc(C(F)(F)F)cc(S(=O)(=O)N(C)C[C@H](C)O)c2)n1. The standard InChI is InChI=1S/C18H19F3N2O5S/c1-11(24)10-23(2)29(26,27)14-8-12(7-13(9-14)18(19,20)21)15-5-4-6-16(22-15)17(25)28-3/h4-9,11,24H,10H2,1-3H3/t11-/m0/s1. The van der Waals surface area contributed by atoms with Crippen LogP contribution in [-0.2, 0) is 20.9 Å². The first kappa shape index (κ1) is 22.8. The largest absolute Gasteiger partial charge is 0.464 e. The molecule has 11 heteroatoms. The van der Waals surface area contributed by atoms with Crippen LogP contribution in [0.2, 0.25) is 0 Å². The third kappa shape index (κ3) is 5.31. The molecule has 2 aromatic rings. The molecule has 1 atom stereocenters. The minimum absolute atomic E-state index is 0.0337. The predicted molar refractivity (Wildman–Crippen MR) is 97.5 cm³/mol. The second-order valence-electron chi connectivity index (χ2n) is 6.28. The third-order valence-corrected chi connectivity index (χ3v) is 5.70. The fourth-order valence-electron chi connectivity index (χ4n) is 2.52. The topological polar surface area (TPSA) is 96.8 Å². The average molecular weight is 432 g/mol. The van der Waals surface area contributed by atoms with Gasteiger partial charge in [0.05, 0.1) is 29.4 Å². The number of aliphatic hydroxyl groups excluding tert-OH is 1. The highest BCUT2D eigenvalue weighted by atomic mass is 32.2. The molecule has 1 aromatic heterocycles. The van der Waals surface area contributed by atoms with Crippen molar-refractivity contribution in [2.24, 2.45) is 0 Å². The minimum atomic E-state index is -4.82. The Morgan fingerprint density at radius 3 is 2.48 bits per heavy atom. The monoisotopic (exact) mass is 432 g/mol. The molecular weight excluding hydrogens is 413 g/mol. The molecule has 0 radical (unpaired) electrons. The van der Waals surface area contributed by atoms with Gasteiger partial charge in [-0.15, -0.1) is 0 Å². The molecule has 158 valence electrons. The van der Waals surface area contributed by atoms with E-state index in [1.165, 1.54) is 25.1 Å². The number of likely N-dealkylation sites (N-methyl/N-ethyl adjacent to an activating group) is 1. The lowest BCUT2D eigenvalue weighted by atomic mass is 10.1. The lowest BCUT2D eigenvalue weighted by Crippen LogP contribution is -2.33. The third-order valence-electron chi connectivity index (χ3n) is 3.90. The van der Waals surface area contributed by atoms with E-state index in [0.717, 1.165) is 30.6 Å². The van der Waals surface area contributed by atoms with E-state index in [1.807, 2.05) is 0 Å². The molecule has 0 fully saturated rings. The van der Waals surface area contributed by atoms with Crippen molar-refractivity contribution in [2.45, 2.75) is 24.1 Å². The van der Waals surface area contributed by atoms with Crippen LogP contribution in [0.4, 0.5) is 13.2 Å². The Balaban J connectivity index is 2.66. The predicted octanol–water partition coefficient (Wildman–Crippen LogP) is 2.56. The van der Waals surface area contributed by atoms with Crippen LogP contribution >= 0.6 is 0 Å². The van der Waals surface area contributed by atoms with Crippen LogP contribution in [0.1, 0.15) is 23.0 Å². The van der Waals surface area contributed by atoms with Gasteiger partial charge in [0.1, 0.15) is 5.69 Å². The summed E-state index contributed by atoms with van der Waals surface area (Å²) in [5, 5.41) is 9.42. The number of alkyl halides is 3. The Morgan fingerprint density at radius 1 is 1.28 bits per heavy atom. The number of aromatic nitrogens is 1. The number of aliphatic hydroxyl groups is 1. The summed E-state index contributed by atoms with van der Waals surface area (Å²) in [6.07, 6.45) is -5.83. The number of halogens is 3. The quantitative estimate of drug-likeness (QED) is 0.705. The first-order valence-corrected chi connectivity index (χ1v) is 9.72. The van der Waals surface area contributed by atoms with Gasteiger partial charge in [-0.2, -0.15) is 17.5 Å². The van der Waals surface area contributed by atoms with Crippen molar-refractivity contribution in [3.05, 3.63) is 47.7 Å². The van der Waals surface area contributed by atoms with Crippen molar-refractivity contribution in [3.8, 4) is 11.3 Å². The molecule has 1 heterocycles. The number of esters is 1. The van der Waals surface area contributed by atoms with Crippen molar-refractivity contribution in [1.29, 1.82) is 0 Å². The van der Waals surface area contributed by atoms with E-state index in [4.69, 9.17) is 0 Å². The number of methoxy groups -OCH3 is 1. The van der Waals surface area contributed by atoms with Crippen LogP contribution in [0, 0.1) is 0 Å². The second-order valence-corrected chi connectivity index (χ2v) is 8.32. The Hall–Kier alpha value is -2.50. The summed E-state index contributed by atoms with van der Waals surface area (Å²) in [7, 11) is -2.05. The fourth-order valence-corrected chi connectivity index (χ4v) is 3.85. The van der Waals surface area contributed by atoms with Gasteiger partial charge >= 0.3 is 12.1 Å². The average Bonchev–Trinajstić information content (AvgIpc) is 2.65. The Morgan fingerprint density at radius 2 is 1.93 bits per heavy atom. The van der Waals surface area contributed by atoms with Gasteiger partial charge in [-0.05, 0) is 37.3 Å². The van der Waals surface area contributed by atoms with Crippen molar-refractivity contribution in [1.82, 2.24) is 9.29 Å². The summed E-state index contributed by atoms with van der Waals surface area (Å²) >= 11 is 0. The van der Waals surface area contributed by atoms with Crippen LogP contribution in [0.5, 0.6) is 0 Å². The Bertz CT molecular complexity index is 1010. The number of hydrogen-bond donors (Lipinski definition) is 1. The van der Waals surface area contributed by atoms with Crippen LogP contribution in [-0.4, -0.2) is 55.6 Å². The van der Waals surface area contributed by atoms with Crippen molar-refractivity contribution < 1.29 is 36.2 Å². The van der Waals surface area contributed by atoms with Gasteiger partial charge in [0.2, 0.25) is 10.0 Å². The molecule has 1 N–H and O–H groups in total. The maximum atomic E-state index is 13.4. The molecule has 0 saturated heterocycles. The fraction of sp³-hybridized carbons (Fsp3) is 0.333. The number of carbonyl (C=O) groups is 1. The molecule has 0 aliphatic carbocycles. The highest BCUT2D eigenvalue weighted by Gasteiger charge is 2.34. The van der Waals surface area contributed by atoms with Crippen molar-refractivity contribution in [2.75, 3.05) is 20.7 Å². The van der Waals surface area contributed by atoms with Gasteiger partial charge in [0, 0.05) is 19.2 Å². The lowest BCUT2D eigenvalue weighted by Gasteiger charge is -2.20. The first-order chi connectivity index (χ1) is 13.4. The Kier molecular flexibility index (Phi) is 6.66. The van der Waals surface area contributed by atoms with E-state index < -0.39 is 38.7 Å². The number of carbonyl (C=O) groups excluding carboxylic acids is 1. The molecule has 1 aromatic carbocycles. The maximum absolute atomic E-state index is 13.4. The van der Waals surface area contributed by atoms with Gasteiger partial charge in [-0.1, -0.05) is 6.07 Å². The number of rotatable bonds is 6. The molecular formula is C18H19F3N2O5S. The van der Waals surface area contributed by atoms with E-state index >= 15 is 0 Å². The van der Waals surface area contributed by atoms with Gasteiger partial charge < -0.3 is 9.84 Å². The van der Waals surface area contributed by atoms with Crippen LogP contribution in [0.25, 0.3) is 11.3 Å². The smallest absolute Gasteiger partial charge is 0.416 e. The molecule has 0 spiro atoms. The highest BCUT2D eigenvalue weighted by Crippen LogP contribution is 2.35. The minimum Gasteiger partial charge on any atom is -0.464 e. The van der Waals surface area contributed by atoms with Crippen LogP contribution in [0.3, 0.4) is 0 Å². The highest BCUT2D eigenvalue weighted by molar-refractivity contribution is 7.89. The molecule has 0 bridgehead atoms. The molecule has 0 saturated carbocycles. The number of benzene rings is 1. The van der Waals surface area contributed by atoms with E-state index in [2.05, 4.69) is 9.72 Å². The zero-order valence-electron chi connectivity index (χ0n) is 15.8. The number of hydrogen-bond acceptors (Lipinski definition) is 6. The number of sulfonamides is 1.